The molecule has 4 heteroatoms. The summed E-state index contributed by atoms with van der Waals surface area (Å²) < 4.78 is 10.3. The summed E-state index contributed by atoms with van der Waals surface area (Å²) in [4.78, 5) is 9.83. The lowest BCUT2D eigenvalue weighted by atomic mass is 10.2. The van der Waals surface area contributed by atoms with Gasteiger partial charge in [0.25, 0.3) is 0 Å². The largest absolute Gasteiger partial charge is 0.356 e. The highest BCUT2D eigenvalue weighted by Crippen LogP contribution is 2.28. The fourth-order valence-corrected chi connectivity index (χ4v) is 0.867. The second kappa shape index (κ2) is 4.23. The average molecular weight is 171 g/mol. The summed E-state index contributed by atoms with van der Waals surface area (Å²) in [5.41, 5.74) is 0.975. The monoisotopic (exact) mass is 171 g/mol. The SMILES string of the molecule is C=C(C)C1OC1OCCNC=O. The molecule has 2 unspecified atom stereocenters. The summed E-state index contributed by atoms with van der Waals surface area (Å²) in [5.74, 6) is 0. The zero-order chi connectivity index (χ0) is 8.97. The van der Waals surface area contributed by atoms with Crippen LogP contribution in [-0.2, 0) is 14.3 Å². The van der Waals surface area contributed by atoms with Crippen LogP contribution >= 0.6 is 0 Å². The Hall–Kier alpha value is -0.870. The van der Waals surface area contributed by atoms with E-state index in [4.69, 9.17) is 9.47 Å². The third-order valence-corrected chi connectivity index (χ3v) is 1.55. The smallest absolute Gasteiger partial charge is 0.207 e. The Bertz CT molecular complexity index is 181. The molecular formula is C8H13NO3. The van der Waals surface area contributed by atoms with Crippen LogP contribution in [0.3, 0.4) is 0 Å². The Kier molecular flexibility index (Phi) is 3.25. The number of nitrogens with one attached hydrogen (secondary N) is 1. The first kappa shape index (κ1) is 9.22. The lowest BCUT2D eigenvalue weighted by Crippen LogP contribution is -2.18. The molecule has 1 fully saturated rings. The number of carbonyl (C=O) groups is 1. The van der Waals surface area contributed by atoms with Gasteiger partial charge in [-0.25, -0.2) is 0 Å². The van der Waals surface area contributed by atoms with Crippen LogP contribution in [0.5, 0.6) is 0 Å². The number of rotatable bonds is 6. The quantitative estimate of drug-likeness (QED) is 0.266. The maximum atomic E-state index is 9.83. The minimum absolute atomic E-state index is 0.0567. The van der Waals surface area contributed by atoms with Crippen LogP contribution in [0, 0.1) is 0 Å². The van der Waals surface area contributed by atoms with E-state index in [-0.39, 0.29) is 12.4 Å². The van der Waals surface area contributed by atoms with E-state index in [0.29, 0.717) is 19.6 Å². The molecule has 0 aromatic heterocycles. The van der Waals surface area contributed by atoms with E-state index in [9.17, 15) is 4.79 Å². The van der Waals surface area contributed by atoms with Crippen LogP contribution in [0.2, 0.25) is 0 Å². The van der Waals surface area contributed by atoms with E-state index < -0.39 is 0 Å². The van der Waals surface area contributed by atoms with Crippen molar-refractivity contribution in [1.29, 1.82) is 0 Å². The number of amides is 1. The molecule has 0 radical (unpaired) electrons. The highest BCUT2D eigenvalue weighted by Gasteiger charge is 2.40. The molecule has 0 aromatic carbocycles. The highest BCUT2D eigenvalue weighted by molar-refractivity contribution is 5.45. The van der Waals surface area contributed by atoms with Gasteiger partial charge in [-0.05, 0) is 12.5 Å². The van der Waals surface area contributed by atoms with Gasteiger partial charge in [-0.1, -0.05) is 6.58 Å². The summed E-state index contributed by atoms with van der Waals surface area (Å²) >= 11 is 0. The number of hydrogen-bond donors (Lipinski definition) is 1. The minimum Gasteiger partial charge on any atom is -0.356 e. The van der Waals surface area contributed by atoms with E-state index in [2.05, 4.69) is 11.9 Å². The molecule has 1 heterocycles. The Labute approximate surface area is 71.5 Å². The summed E-state index contributed by atoms with van der Waals surface area (Å²) in [7, 11) is 0. The lowest BCUT2D eigenvalue weighted by Gasteiger charge is -1.98. The molecule has 2 atom stereocenters. The van der Waals surface area contributed by atoms with Gasteiger partial charge in [0.1, 0.15) is 6.10 Å². The molecule has 0 aromatic rings. The maximum Gasteiger partial charge on any atom is 0.207 e. The van der Waals surface area contributed by atoms with Gasteiger partial charge in [-0.2, -0.15) is 0 Å². The van der Waals surface area contributed by atoms with Crippen molar-refractivity contribution in [1.82, 2.24) is 5.32 Å². The van der Waals surface area contributed by atoms with E-state index in [1.165, 1.54) is 0 Å². The van der Waals surface area contributed by atoms with Crippen molar-refractivity contribution in [2.45, 2.75) is 19.3 Å². The summed E-state index contributed by atoms with van der Waals surface area (Å²) in [5, 5.41) is 2.49. The first-order valence-electron chi connectivity index (χ1n) is 3.85. The van der Waals surface area contributed by atoms with Crippen molar-refractivity contribution >= 4 is 6.41 Å². The molecule has 1 amide bonds. The molecule has 0 bridgehead atoms. The van der Waals surface area contributed by atoms with Crippen molar-refractivity contribution in [2.75, 3.05) is 13.2 Å². The van der Waals surface area contributed by atoms with Gasteiger partial charge in [0.05, 0.1) is 6.61 Å². The van der Waals surface area contributed by atoms with Gasteiger partial charge < -0.3 is 14.8 Å². The lowest BCUT2D eigenvalue weighted by molar-refractivity contribution is -0.109. The van der Waals surface area contributed by atoms with Gasteiger partial charge >= 0.3 is 0 Å². The van der Waals surface area contributed by atoms with Gasteiger partial charge in [0, 0.05) is 6.54 Å². The van der Waals surface area contributed by atoms with Crippen LogP contribution in [0.15, 0.2) is 12.2 Å². The van der Waals surface area contributed by atoms with E-state index in [1.807, 2.05) is 6.92 Å². The predicted octanol–water partition coefficient (Wildman–Crippen LogP) is 0.0500. The van der Waals surface area contributed by atoms with Crippen LogP contribution in [0.1, 0.15) is 6.92 Å². The molecule has 1 N–H and O–H groups in total. The van der Waals surface area contributed by atoms with Crippen LogP contribution in [-0.4, -0.2) is 32.0 Å². The summed E-state index contributed by atoms with van der Waals surface area (Å²) in [6, 6.07) is 0. The number of epoxide rings is 1. The van der Waals surface area contributed by atoms with Crippen molar-refractivity contribution < 1.29 is 14.3 Å². The zero-order valence-corrected chi connectivity index (χ0v) is 7.08. The maximum absolute atomic E-state index is 9.83. The molecule has 1 aliphatic rings. The Morgan fingerprint density at radius 3 is 3.08 bits per heavy atom. The number of ether oxygens (including phenoxy) is 2. The van der Waals surface area contributed by atoms with Crippen LogP contribution < -0.4 is 5.32 Å². The minimum atomic E-state index is -0.143. The van der Waals surface area contributed by atoms with Gasteiger partial charge in [0.15, 0.2) is 6.29 Å². The summed E-state index contributed by atoms with van der Waals surface area (Å²) in [6.45, 7) is 6.63. The molecule has 0 saturated carbocycles. The standard InChI is InChI=1S/C8H13NO3/c1-6(2)7-8(12-7)11-4-3-9-5-10/h5,7-8H,1,3-4H2,2H3,(H,9,10). The van der Waals surface area contributed by atoms with E-state index >= 15 is 0 Å². The third-order valence-electron chi connectivity index (χ3n) is 1.55. The molecule has 12 heavy (non-hydrogen) atoms. The number of hydrogen-bond acceptors (Lipinski definition) is 3. The normalized spacial score (nSPS) is 26.4. The molecule has 4 nitrogen and oxygen atoms in total. The van der Waals surface area contributed by atoms with Gasteiger partial charge in [0.2, 0.25) is 6.41 Å². The Balaban J connectivity index is 1.97. The molecule has 0 spiro atoms. The molecule has 1 aliphatic heterocycles. The molecule has 1 saturated heterocycles. The van der Waals surface area contributed by atoms with Crippen molar-refractivity contribution in [3.63, 3.8) is 0 Å². The van der Waals surface area contributed by atoms with Crippen molar-refractivity contribution in [3.05, 3.63) is 12.2 Å². The second-order valence-electron chi connectivity index (χ2n) is 2.71. The molecule has 68 valence electrons. The molecule has 1 rings (SSSR count). The van der Waals surface area contributed by atoms with E-state index in [0.717, 1.165) is 5.57 Å². The van der Waals surface area contributed by atoms with Crippen molar-refractivity contribution in [3.8, 4) is 0 Å². The average Bonchev–Trinajstić information content (AvgIpc) is 2.77. The predicted molar refractivity (Wildman–Crippen MR) is 43.5 cm³/mol. The third kappa shape index (κ3) is 2.64. The Morgan fingerprint density at radius 2 is 2.58 bits per heavy atom. The van der Waals surface area contributed by atoms with Gasteiger partial charge in [-0.3, -0.25) is 4.79 Å². The fourth-order valence-electron chi connectivity index (χ4n) is 0.867. The Morgan fingerprint density at radius 1 is 1.83 bits per heavy atom. The molecular weight excluding hydrogens is 158 g/mol. The van der Waals surface area contributed by atoms with Crippen LogP contribution in [0.25, 0.3) is 0 Å². The van der Waals surface area contributed by atoms with Gasteiger partial charge in [-0.15, -0.1) is 0 Å². The fraction of sp³-hybridized carbons (Fsp3) is 0.625. The first-order chi connectivity index (χ1) is 5.75. The first-order valence-corrected chi connectivity index (χ1v) is 3.85. The summed E-state index contributed by atoms with van der Waals surface area (Å²) in [6.07, 6.45) is 0.560. The number of carbonyl (C=O) groups excluding carboxylic acids is 1. The topological polar surface area (TPSA) is 50.9 Å². The van der Waals surface area contributed by atoms with Crippen LogP contribution in [0.4, 0.5) is 0 Å². The van der Waals surface area contributed by atoms with E-state index in [1.54, 1.807) is 0 Å². The second-order valence-corrected chi connectivity index (χ2v) is 2.71. The molecule has 0 aliphatic carbocycles. The highest BCUT2D eigenvalue weighted by atomic mass is 16.8. The zero-order valence-electron chi connectivity index (χ0n) is 7.08. The van der Waals surface area contributed by atoms with Crippen molar-refractivity contribution in [2.24, 2.45) is 0 Å².